The molecule has 0 amide bonds. The minimum absolute atomic E-state index is 0.00576. The monoisotopic (exact) mass is 267 g/mol. The zero-order valence-electron chi connectivity index (χ0n) is 10.9. The van der Waals surface area contributed by atoms with E-state index in [2.05, 4.69) is 22.1 Å². The first kappa shape index (κ1) is 13.6. The van der Waals surface area contributed by atoms with E-state index in [1.807, 2.05) is 6.92 Å². The van der Waals surface area contributed by atoms with Crippen LogP contribution in [0.25, 0.3) is 0 Å². The lowest BCUT2D eigenvalue weighted by atomic mass is 9.86. The summed E-state index contributed by atoms with van der Waals surface area (Å²) in [7, 11) is 0. The summed E-state index contributed by atoms with van der Waals surface area (Å²) in [4.78, 5) is 11.6. The summed E-state index contributed by atoms with van der Waals surface area (Å²) in [5, 5.41) is 7.85. The van der Waals surface area contributed by atoms with Crippen molar-refractivity contribution in [2.24, 2.45) is 5.92 Å². The predicted molar refractivity (Wildman–Crippen MR) is 73.5 cm³/mol. The Morgan fingerprint density at radius 1 is 1.44 bits per heavy atom. The van der Waals surface area contributed by atoms with Gasteiger partial charge in [0, 0.05) is 12.6 Å². The van der Waals surface area contributed by atoms with Gasteiger partial charge in [-0.25, -0.2) is 0 Å². The second kappa shape index (κ2) is 6.90. The number of carbonyl (C=O) groups is 1. The van der Waals surface area contributed by atoms with Crippen LogP contribution < -0.4 is 5.32 Å². The smallest absolute Gasteiger partial charge is 0.308 e. The molecule has 1 aromatic heterocycles. The van der Waals surface area contributed by atoms with Crippen molar-refractivity contribution in [3.8, 4) is 0 Å². The summed E-state index contributed by atoms with van der Waals surface area (Å²) in [5.74, 6) is 0.123. The maximum atomic E-state index is 11.6. The first-order valence-electron chi connectivity index (χ1n) is 6.70. The van der Waals surface area contributed by atoms with Crippen LogP contribution in [0, 0.1) is 5.92 Å². The van der Waals surface area contributed by atoms with Gasteiger partial charge in [-0.2, -0.15) is 11.3 Å². The highest BCUT2D eigenvalue weighted by molar-refractivity contribution is 7.07. The van der Waals surface area contributed by atoms with E-state index in [0.29, 0.717) is 12.6 Å². The van der Waals surface area contributed by atoms with Crippen molar-refractivity contribution < 1.29 is 9.53 Å². The molecule has 100 valence electrons. The molecule has 1 heterocycles. The normalized spacial score (nSPS) is 23.8. The second-order valence-corrected chi connectivity index (χ2v) is 5.59. The largest absolute Gasteiger partial charge is 0.466 e. The topological polar surface area (TPSA) is 38.3 Å². The van der Waals surface area contributed by atoms with Crippen molar-refractivity contribution >= 4 is 17.3 Å². The Morgan fingerprint density at radius 3 is 2.83 bits per heavy atom. The summed E-state index contributed by atoms with van der Waals surface area (Å²) in [6.07, 6.45) is 4.07. The molecule has 4 heteroatoms. The van der Waals surface area contributed by atoms with Gasteiger partial charge in [-0.05, 0) is 55.0 Å². The Balaban J connectivity index is 1.68. The lowest BCUT2D eigenvalue weighted by molar-refractivity contribution is -0.149. The summed E-state index contributed by atoms with van der Waals surface area (Å²) < 4.78 is 5.08. The van der Waals surface area contributed by atoms with E-state index in [-0.39, 0.29) is 11.9 Å². The van der Waals surface area contributed by atoms with Crippen molar-refractivity contribution in [2.75, 3.05) is 6.61 Å². The molecule has 0 unspecified atom stereocenters. The van der Waals surface area contributed by atoms with E-state index < -0.39 is 0 Å². The third-order valence-electron chi connectivity index (χ3n) is 3.52. The molecule has 0 radical (unpaired) electrons. The molecule has 18 heavy (non-hydrogen) atoms. The van der Waals surface area contributed by atoms with Gasteiger partial charge in [-0.3, -0.25) is 4.79 Å². The van der Waals surface area contributed by atoms with Crippen LogP contribution in [0.3, 0.4) is 0 Å². The molecule has 3 nitrogen and oxygen atoms in total. The molecular weight excluding hydrogens is 246 g/mol. The number of nitrogens with one attached hydrogen (secondary N) is 1. The molecule has 0 spiro atoms. The molecule has 2 rings (SSSR count). The highest BCUT2D eigenvalue weighted by atomic mass is 32.1. The SMILES string of the molecule is CCOC(=O)C1CCC(NCc2ccsc2)CC1. The fourth-order valence-corrected chi connectivity index (χ4v) is 3.12. The molecule has 1 N–H and O–H groups in total. The second-order valence-electron chi connectivity index (χ2n) is 4.81. The molecule has 0 aliphatic heterocycles. The molecule has 1 fully saturated rings. The zero-order chi connectivity index (χ0) is 12.8. The summed E-state index contributed by atoms with van der Waals surface area (Å²) in [6.45, 7) is 3.30. The predicted octanol–water partition coefficient (Wildman–Crippen LogP) is 2.96. The van der Waals surface area contributed by atoms with Crippen LogP contribution in [0.1, 0.15) is 38.2 Å². The van der Waals surface area contributed by atoms with Gasteiger partial charge in [0.25, 0.3) is 0 Å². The van der Waals surface area contributed by atoms with Crippen LogP contribution in [-0.2, 0) is 16.1 Å². The lowest BCUT2D eigenvalue weighted by Gasteiger charge is -2.27. The molecule has 0 bridgehead atoms. The number of esters is 1. The van der Waals surface area contributed by atoms with Gasteiger partial charge in [0.05, 0.1) is 12.5 Å². The van der Waals surface area contributed by atoms with Crippen molar-refractivity contribution in [3.05, 3.63) is 22.4 Å². The Hall–Kier alpha value is -0.870. The van der Waals surface area contributed by atoms with E-state index in [4.69, 9.17) is 4.74 Å². The van der Waals surface area contributed by atoms with Gasteiger partial charge >= 0.3 is 5.97 Å². The minimum Gasteiger partial charge on any atom is -0.466 e. The highest BCUT2D eigenvalue weighted by Gasteiger charge is 2.26. The molecule has 1 saturated carbocycles. The number of thiophene rings is 1. The van der Waals surface area contributed by atoms with E-state index in [1.54, 1.807) is 11.3 Å². The van der Waals surface area contributed by atoms with Gasteiger partial charge < -0.3 is 10.1 Å². The van der Waals surface area contributed by atoms with Crippen molar-refractivity contribution in [1.29, 1.82) is 0 Å². The van der Waals surface area contributed by atoms with Gasteiger partial charge in [-0.1, -0.05) is 0 Å². The van der Waals surface area contributed by atoms with E-state index in [0.717, 1.165) is 32.2 Å². The molecular formula is C14H21NO2S. The average molecular weight is 267 g/mol. The molecule has 0 saturated heterocycles. The van der Waals surface area contributed by atoms with Gasteiger partial charge in [0.1, 0.15) is 0 Å². The highest BCUT2D eigenvalue weighted by Crippen LogP contribution is 2.25. The maximum absolute atomic E-state index is 11.6. The van der Waals surface area contributed by atoms with Crippen LogP contribution in [0.15, 0.2) is 16.8 Å². The number of hydrogen-bond acceptors (Lipinski definition) is 4. The number of carbonyl (C=O) groups excluding carboxylic acids is 1. The third kappa shape index (κ3) is 3.82. The standard InChI is InChI=1S/C14H21NO2S/c1-2-17-14(16)12-3-5-13(6-4-12)15-9-11-7-8-18-10-11/h7-8,10,12-13,15H,2-6,9H2,1H3. The van der Waals surface area contributed by atoms with Gasteiger partial charge in [0.2, 0.25) is 0 Å². The molecule has 1 aliphatic rings. The first-order chi connectivity index (χ1) is 8.79. The summed E-state index contributed by atoms with van der Waals surface area (Å²) in [5.41, 5.74) is 1.35. The van der Waals surface area contributed by atoms with Crippen molar-refractivity contribution in [3.63, 3.8) is 0 Å². The molecule has 0 atom stereocenters. The van der Waals surface area contributed by atoms with E-state index >= 15 is 0 Å². The van der Waals surface area contributed by atoms with Gasteiger partial charge in [0.15, 0.2) is 0 Å². The van der Waals surface area contributed by atoms with Crippen molar-refractivity contribution in [2.45, 2.75) is 45.2 Å². The number of rotatable bonds is 5. The quantitative estimate of drug-likeness (QED) is 0.834. The fraction of sp³-hybridized carbons (Fsp3) is 0.643. The summed E-state index contributed by atoms with van der Waals surface area (Å²) in [6, 6.07) is 2.71. The van der Waals surface area contributed by atoms with Crippen LogP contribution in [0.2, 0.25) is 0 Å². The first-order valence-corrected chi connectivity index (χ1v) is 7.65. The fourth-order valence-electron chi connectivity index (χ4n) is 2.45. The summed E-state index contributed by atoms with van der Waals surface area (Å²) >= 11 is 1.73. The number of hydrogen-bond donors (Lipinski definition) is 1. The zero-order valence-corrected chi connectivity index (χ0v) is 11.7. The Kier molecular flexibility index (Phi) is 5.20. The van der Waals surface area contributed by atoms with E-state index in [1.165, 1.54) is 5.56 Å². The molecule has 1 aliphatic carbocycles. The Bertz CT molecular complexity index is 356. The third-order valence-corrected chi connectivity index (χ3v) is 4.25. The maximum Gasteiger partial charge on any atom is 0.308 e. The van der Waals surface area contributed by atoms with Gasteiger partial charge in [-0.15, -0.1) is 0 Å². The van der Waals surface area contributed by atoms with Crippen LogP contribution in [-0.4, -0.2) is 18.6 Å². The van der Waals surface area contributed by atoms with Crippen LogP contribution in [0.4, 0.5) is 0 Å². The average Bonchev–Trinajstić information content (AvgIpc) is 2.90. The van der Waals surface area contributed by atoms with Crippen LogP contribution in [0.5, 0.6) is 0 Å². The number of ether oxygens (including phenoxy) is 1. The van der Waals surface area contributed by atoms with E-state index in [9.17, 15) is 4.79 Å². The molecule has 0 aromatic carbocycles. The van der Waals surface area contributed by atoms with Crippen LogP contribution >= 0.6 is 11.3 Å². The lowest BCUT2D eigenvalue weighted by Crippen LogP contribution is -2.34. The Labute approximate surface area is 113 Å². The van der Waals surface area contributed by atoms with Crippen molar-refractivity contribution in [1.82, 2.24) is 5.32 Å². The minimum atomic E-state index is -0.00576. The molecule has 1 aromatic rings. The Morgan fingerprint density at radius 2 is 2.22 bits per heavy atom.